The topological polar surface area (TPSA) is 20.2 Å². The van der Waals surface area contributed by atoms with E-state index in [0.29, 0.717) is 0 Å². The molecule has 2 aliphatic rings. The van der Waals surface area contributed by atoms with Gasteiger partial charge in [0.25, 0.3) is 0 Å². The molecule has 0 radical (unpaired) electrons. The highest BCUT2D eigenvalue weighted by Crippen LogP contribution is 2.36. The van der Waals surface area contributed by atoms with E-state index in [-0.39, 0.29) is 5.60 Å². The molecular formula is C11H20OS. The molecule has 1 N–H and O–H groups in total. The van der Waals surface area contributed by atoms with Crippen molar-refractivity contribution in [2.45, 2.75) is 50.5 Å². The predicted octanol–water partition coefficient (Wildman–Crippen LogP) is 2.82. The zero-order chi connectivity index (χ0) is 9.15. The fraction of sp³-hybridized carbons (Fsp3) is 1.00. The summed E-state index contributed by atoms with van der Waals surface area (Å²) in [7, 11) is 0. The van der Waals surface area contributed by atoms with Crippen LogP contribution in [0.5, 0.6) is 0 Å². The lowest BCUT2D eigenvalue weighted by Gasteiger charge is -2.23. The second kappa shape index (κ2) is 4.22. The SMILES string of the molecule is OC1(CCC2CCSC2)CCCC1. The molecule has 0 aromatic carbocycles. The van der Waals surface area contributed by atoms with Crippen LogP contribution in [0.25, 0.3) is 0 Å². The van der Waals surface area contributed by atoms with Crippen LogP contribution in [0.2, 0.25) is 0 Å². The minimum absolute atomic E-state index is 0.257. The van der Waals surface area contributed by atoms with Gasteiger partial charge in [0, 0.05) is 0 Å². The summed E-state index contributed by atoms with van der Waals surface area (Å²) in [5, 5.41) is 10.1. The van der Waals surface area contributed by atoms with Crippen molar-refractivity contribution in [3.63, 3.8) is 0 Å². The zero-order valence-electron chi connectivity index (χ0n) is 8.30. The van der Waals surface area contributed by atoms with Gasteiger partial charge in [-0.05, 0) is 49.5 Å². The molecule has 2 fully saturated rings. The molecule has 2 rings (SSSR count). The quantitative estimate of drug-likeness (QED) is 0.756. The Balaban J connectivity index is 1.71. The minimum atomic E-state index is -0.257. The van der Waals surface area contributed by atoms with Gasteiger partial charge in [-0.15, -0.1) is 0 Å². The summed E-state index contributed by atoms with van der Waals surface area (Å²) in [4.78, 5) is 0. The van der Waals surface area contributed by atoms with Crippen LogP contribution in [0.4, 0.5) is 0 Å². The number of hydrogen-bond acceptors (Lipinski definition) is 2. The van der Waals surface area contributed by atoms with E-state index < -0.39 is 0 Å². The molecule has 0 spiro atoms. The Morgan fingerprint density at radius 1 is 1.31 bits per heavy atom. The van der Waals surface area contributed by atoms with Crippen LogP contribution in [0.3, 0.4) is 0 Å². The van der Waals surface area contributed by atoms with Crippen molar-refractivity contribution < 1.29 is 5.11 Å². The van der Waals surface area contributed by atoms with Crippen molar-refractivity contribution in [3.8, 4) is 0 Å². The van der Waals surface area contributed by atoms with Crippen molar-refractivity contribution in [2.24, 2.45) is 5.92 Å². The lowest BCUT2D eigenvalue weighted by atomic mass is 9.91. The maximum atomic E-state index is 10.1. The third-order valence-electron chi connectivity index (χ3n) is 3.58. The van der Waals surface area contributed by atoms with Gasteiger partial charge in [0.2, 0.25) is 0 Å². The highest BCUT2D eigenvalue weighted by atomic mass is 32.2. The van der Waals surface area contributed by atoms with Crippen LogP contribution in [0, 0.1) is 5.92 Å². The molecule has 1 nitrogen and oxygen atoms in total. The summed E-state index contributed by atoms with van der Waals surface area (Å²) in [5.41, 5.74) is -0.257. The molecule has 1 aliphatic heterocycles. The molecule has 1 heterocycles. The molecule has 1 aliphatic carbocycles. The van der Waals surface area contributed by atoms with Crippen LogP contribution >= 0.6 is 11.8 Å². The van der Waals surface area contributed by atoms with Gasteiger partial charge in [0.15, 0.2) is 0 Å². The molecule has 76 valence electrons. The summed E-state index contributed by atoms with van der Waals surface area (Å²) < 4.78 is 0. The van der Waals surface area contributed by atoms with Gasteiger partial charge >= 0.3 is 0 Å². The van der Waals surface area contributed by atoms with Crippen LogP contribution in [-0.2, 0) is 0 Å². The Labute approximate surface area is 85.3 Å². The first-order valence-electron chi connectivity index (χ1n) is 5.59. The van der Waals surface area contributed by atoms with Crippen molar-refractivity contribution >= 4 is 11.8 Å². The second-order valence-electron chi connectivity index (χ2n) is 4.70. The van der Waals surface area contributed by atoms with Gasteiger partial charge in [0.05, 0.1) is 5.60 Å². The fourth-order valence-electron chi connectivity index (χ4n) is 2.57. The number of hydrogen-bond donors (Lipinski definition) is 1. The van der Waals surface area contributed by atoms with Gasteiger partial charge < -0.3 is 5.11 Å². The number of thioether (sulfide) groups is 1. The smallest absolute Gasteiger partial charge is 0.0648 e. The predicted molar refractivity (Wildman–Crippen MR) is 58.1 cm³/mol. The van der Waals surface area contributed by atoms with Crippen molar-refractivity contribution in [3.05, 3.63) is 0 Å². The average Bonchev–Trinajstić information content (AvgIpc) is 2.72. The van der Waals surface area contributed by atoms with Crippen LogP contribution in [0.15, 0.2) is 0 Å². The Morgan fingerprint density at radius 3 is 2.69 bits per heavy atom. The summed E-state index contributed by atoms with van der Waals surface area (Å²) in [6.45, 7) is 0. The van der Waals surface area contributed by atoms with Gasteiger partial charge in [0.1, 0.15) is 0 Å². The highest BCUT2D eigenvalue weighted by Gasteiger charge is 2.31. The maximum Gasteiger partial charge on any atom is 0.0648 e. The minimum Gasteiger partial charge on any atom is -0.390 e. The summed E-state index contributed by atoms with van der Waals surface area (Å²) in [5.74, 6) is 3.61. The zero-order valence-corrected chi connectivity index (χ0v) is 9.11. The molecule has 0 aromatic heterocycles. The maximum absolute atomic E-state index is 10.1. The first-order chi connectivity index (χ1) is 6.29. The second-order valence-corrected chi connectivity index (χ2v) is 5.85. The van der Waals surface area contributed by atoms with E-state index in [1.165, 1.54) is 37.2 Å². The Hall–Kier alpha value is 0.310. The van der Waals surface area contributed by atoms with Gasteiger partial charge in [-0.3, -0.25) is 0 Å². The van der Waals surface area contributed by atoms with E-state index in [1.807, 2.05) is 0 Å². The van der Waals surface area contributed by atoms with Crippen LogP contribution in [-0.4, -0.2) is 22.2 Å². The molecule has 1 saturated heterocycles. The molecule has 13 heavy (non-hydrogen) atoms. The van der Waals surface area contributed by atoms with Gasteiger partial charge in [-0.1, -0.05) is 12.8 Å². The lowest BCUT2D eigenvalue weighted by Crippen LogP contribution is -2.24. The average molecular weight is 200 g/mol. The fourth-order valence-corrected chi connectivity index (χ4v) is 3.90. The molecule has 0 amide bonds. The monoisotopic (exact) mass is 200 g/mol. The molecule has 1 unspecified atom stereocenters. The normalized spacial score (nSPS) is 32.5. The van der Waals surface area contributed by atoms with E-state index in [9.17, 15) is 5.11 Å². The standard InChI is InChI=1S/C11H20OS/c12-11(5-1-2-6-11)7-3-10-4-8-13-9-10/h10,12H,1-9H2. The van der Waals surface area contributed by atoms with Gasteiger partial charge in [-0.25, -0.2) is 0 Å². The van der Waals surface area contributed by atoms with E-state index in [1.54, 1.807) is 0 Å². The van der Waals surface area contributed by atoms with E-state index in [4.69, 9.17) is 0 Å². The Kier molecular flexibility index (Phi) is 3.20. The van der Waals surface area contributed by atoms with E-state index >= 15 is 0 Å². The lowest BCUT2D eigenvalue weighted by molar-refractivity contribution is 0.0332. The Bertz CT molecular complexity index is 157. The summed E-state index contributed by atoms with van der Waals surface area (Å²) in [6, 6.07) is 0. The van der Waals surface area contributed by atoms with Crippen molar-refractivity contribution in [1.29, 1.82) is 0 Å². The van der Waals surface area contributed by atoms with Crippen LogP contribution in [0.1, 0.15) is 44.9 Å². The van der Waals surface area contributed by atoms with E-state index in [2.05, 4.69) is 11.8 Å². The summed E-state index contributed by atoms with van der Waals surface area (Å²) in [6.07, 6.45) is 8.34. The van der Waals surface area contributed by atoms with Crippen molar-refractivity contribution in [2.75, 3.05) is 11.5 Å². The van der Waals surface area contributed by atoms with Crippen molar-refractivity contribution in [1.82, 2.24) is 0 Å². The molecule has 0 bridgehead atoms. The van der Waals surface area contributed by atoms with Crippen LogP contribution < -0.4 is 0 Å². The van der Waals surface area contributed by atoms with E-state index in [0.717, 1.165) is 25.2 Å². The summed E-state index contributed by atoms with van der Waals surface area (Å²) >= 11 is 2.08. The number of rotatable bonds is 3. The molecular weight excluding hydrogens is 180 g/mol. The molecule has 1 atom stereocenters. The first-order valence-corrected chi connectivity index (χ1v) is 6.74. The Morgan fingerprint density at radius 2 is 2.08 bits per heavy atom. The molecule has 2 heteroatoms. The first kappa shape index (κ1) is 9.85. The highest BCUT2D eigenvalue weighted by molar-refractivity contribution is 7.99. The molecule has 0 aromatic rings. The largest absolute Gasteiger partial charge is 0.390 e. The third-order valence-corrected chi connectivity index (χ3v) is 4.81. The molecule has 1 saturated carbocycles. The number of aliphatic hydroxyl groups is 1. The van der Waals surface area contributed by atoms with Gasteiger partial charge in [-0.2, -0.15) is 11.8 Å². The third kappa shape index (κ3) is 2.63.